The summed E-state index contributed by atoms with van der Waals surface area (Å²) in [5.74, 6) is 0.918. The van der Waals surface area contributed by atoms with Crippen LogP contribution in [0.3, 0.4) is 0 Å². The Hall–Kier alpha value is -1.53. The third-order valence-corrected chi connectivity index (χ3v) is 4.69. The molecule has 24 heavy (non-hydrogen) atoms. The molecule has 0 bridgehead atoms. The Morgan fingerprint density at radius 2 is 2.08 bits per heavy atom. The average molecular weight is 370 g/mol. The number of thiocarbonyl (C=S) groups is 1. The molecule has 0 heterocycles. The lowest BCUT2D eigenvalue weighted by atomic mass is 9.86. The standard InChI is InChI=1S/C17H24ClN3O2S/c1-11-5-3-4-6-14(11)19-17(24)21-20-16(22)10-23-15-8-7-13(18)9-12(15)2/h7-9,11,14H,3-6,10H2,1-2H3,(H,20,22)(H2,19,21,24)/t11-,14-/m1/s1. The van der Waals surface area contributed by atoms with E-state index in [1.54, 1.807) is 18.2 Å². The molecule has 0 aromatic heterocycles. The van der Waals surface area contributed by atoms with Gasteiger partial charge >= 0.3 is 0 Å². The van der Waals surface area contributed by atoms with Gasteiger partial charge in [-0.1, -0.05) is 31.4 Å². The summed E-state index contributed by atoms with van der Waals surface area (Å²) in [6, 6.07) is 5.63. The minimum Gasteiger partial charge on any atom is -0.483 e. The van der Waals surface area contributed by atoms with Crippen LogP contribution >= 0.6 is 23.8 Å². The fourth-order valence-electron chi connectivity index (χ4n) is 2.82. The summed E-state index contributed by atoms with van der Waals surface area (Å²) in [6.07, 6.45) is 4.81. The maximum atomic E-state index is 11.8. The molecule has 1 aromatic rings. The Morgan fingerprint density at radius 3 is 2.79 bits per heavy atom. The summed E-state index contributed by atoms with van der Waals surface area (Å²) in [5.41, 5.74) is 6.16. The molecule has 1 aromatic carbocycles. The fraction of sp³-hybridized carbons (Fsp3) is 0.529. The molecule has 3 N–H and O–H groups in total. The molecule has 7 heteroatoms. The van der Waals surface area contributed by atoms with Crippen molar-refractivity contribution in [3.05, 3.63) is 28.8 Å². The summed E-state index contributed by atoms with van der Waals surface area (Å²) in [5, 5.41) is 4.34. The number of halogens is 1. The third-order valence-electron chi connectivity index (χ3n) is 4.24. The number of amides is 1. The second kappa shape index (κ2) is 9.08. The number of nitrogens with one attached hydrogen (secondary N) is 3. The quantitative estimate of drug-likeness (QED) is 0.562. The Kier molecular flexibility index (Phi) is 7.12. The van der Waals surface area contributed by atoms with Crippen LogP contribution in [0.5, 0.6) is 5.75 Å². The Labute approximate surface area is 153 Å². The molecular weight excluding hydrogens is 346 g/mol. The number of hydrazine groups is 1. The van der Waals surface area contributed by atoms with Crippen molar-refractivity contribution in [2.45, 2.75) is 45.6 Å². The zero-order valence-corrected chi connectivity index (χ0v) is 15.6. The lowest BCUT2D eigenvalue weighted by Crippen LogP contribution is -2.52. The number of carbonyl (C=O) groups is 1. The molecular formula is C17H24ClN3O2S. The van der Waals surface area contributed by atoms with E-state index in [1.807, 2.05) is 6.92 Å². The van der Waals surface area contributed by atoms with Crippen molar-refractivity contribution >= 4 is 34.8 Å². The molecule has 2 rings (SSSR count). The van der Waals surface area contributed by atoms with Crippen LogP contribution in [0, 0.1) is 12.8 Å². The molecule has 5 nitrogen and oxygen atoms in total. The van der Waals surface area contributed by atoms with E-state index in [2.05, 4.69) is 23.1 Å². The summed E-state index contributed by atoms with van der Waals surface area (Å²) in [6.45, 7) is 4.00. The van der Waals surface area contributed by atoms with Crippen molar-refractivity contribution in [2.75, 3.05) is 6.61 Å². The predicted octanol–water partition coefficient (Wildman–Crippen LogP) is 3.10. The predicted molar refractivity (Wildman–Crippen MR) is 100 cm³/mol. The zero-order chi connectivity index (χ0) is 17.5. The number of carbonyl (C=O) groups excluding carboxylic acids is 1. The number of hydrogen-bond acceptors (Lipinski definition) is 3. The number of benzene rings is 1. The first-order valence-electron chi connectivity index (χ1n) is 8.20. The Balaban J connectivity index is 1.69. The third kappa shape index (κ3) is 5.83. The highest BCUT2D eigenvalue weighted by Gasteiger charge is 2.21. The molecule has 0 unspecified atom stereocenters. The van der Waals surface area contributed by atoms with Crippen LogP contribution in [0.25, 0.3) is 0 Å². The van der Waals surface area contributed by atoms with E-state index < -0.39 is 0 Å². The first-order chi connectivity index (χ1) is 11.5. The van der Waals surface area contributed by atoms with Crippen molar-refractivity contribution in [1.29, 1.82) is 0 Å². The second-order valence-electron chi connectivity index (χ2n) is 6.21. The van der Waals surface area contributed by atoms with Crippen molar-refractivity contribution in [3.8, 4) is 5.75 Å². The van der Waals surface area contributed by atoms with Crippen molar-refractivity contribution in [1.82, 2.24) is 16.2 Å². The number of ether oxygens (including phenoxy) is 1. The highest BCUT2D eigenvalue weighted by Crippen LogP contribution is 2.23. The highest BCUT2D eigenvalue weighted by molar-refractivity contribution is 7.80. The van der Waals surface area contributed by atoms with Crippen LogP contribution in [-0.2, 0) is 4.79 Å². The largest absolute Gasteiger partial charge is 0.483 e. The van der Waals surface area contributed by atoms with Gasteiger partial charge in [-0.2, -0.15) is 0 Å². The normalized spacial score (nSPS) is 20.1. The van der Waals surface area contributed by atoms with Gasteiger partial charge in [0.1, 0.15) is 5.75 Å². The summed E-state index contributed by atoms with van der Waals surface area (Å²) in [4.78, 5) is 11.8. The molecule has 0 saturated heterocycles. The van der Waals surface area contributed by atoms with Crippen LogP contribution in [0.4, 0.5) is 0 Å². The Morgan fingerprint density at radius 1 is 1.33 bits per heavy atom. The van der Waals surface area contributed by atoms with Crippen LogP contribution in [0.15, 0.2) is 18.2 Å². The fourth-order valence-corrected chi connectivity index (χ4v) is 3.24. The van der Waals surface area contributed by atoms with Gasteiger partial charge in [0.25, 0.3) is 5.91 Å². The van der Waals surface area contributed by atoms with E-state index in [0.717, 1.165) is 12.0 Å². The zero-order valence-electron chi connectivity index (χ0n) is 14.0. The second-order valence-corrected chi connectivity index (χ2v) is 7.06. The SMILES string of the molecule is Cc1cc(Cl)ccc1OCC(=O)NNC(=S)N[C@@H]1CCCC[C@H]1C. The molecule has 1 amide bonds. The topological polar surface area (TPSA) is 62.4 Å². The lowest BCUT2D eigenvalue weighted by molar-refractivity contribution is -0.123. The molecule has 132 valence electrons. The molecule has 1 aliphatic carbocycles. The van der Waals surface area contributed by atoms with Gasteiger partial charge in [-0.05, 0) is 61.7 Å². The van der Waals surface area contributed by atoms with E-state index in [-0.39, 0.29) is 12.5 Å². The van der Waals surface area contributed by atoms with Crippen molar-refractivity contribution in [2.24, 2.45) is 5.92 Å². The molecule has 0 radical (unpaired) electrons. The molecule has 0 spiro atoms. The molecule has 1 saturated carbocycles. The van der Waals surface area contributed by atoms with E-state index in [9.17, 15) is 4.79 Å². The molecule has 1 fully saturated rings. The van der Waals surface area contributed by atoms with Gasteiger partial charge in [-0.3, -0.25) is 15.6 Å². The maximum absolute atomic E-state index is 11.8. The van der Waals surface area contributed by atoms with Gasteiger partial charge in [0, 0.05) is 11.1 Å². The first kappa shape index (κ1) is 18.8. The van der Waals surface area contributed by atoms with Gasteiger partial charge in [0.15, 0.2) is 11.7 Å². The minimum absolute atomic E-state index is 0.0993. The maximum Gasteiger partial charge on any atom is 0.276 e. The van der Waals surface area contributed by atoms with E-state index in [0.29, 0.717) is 27.8 Å². The van der Waals surface area contributed by atoms with Crippen LogP contribution < -0.4 is 20.9 Å². The van der Waals surface area contributed by atoms with Crippen molar-refractivity contribution in [3.63, 3.8) is 0 Å². The number of aryl methyl sites for hydroxylation is 1. The smallest absolute Gasteiger partial charge is 0.276 e. The van der Waals surface area contributed by atoms with Crippen molar-refractivity contribution < 1.29 is 9.53 Å². The van der Waals surface area contributed by atoms with Crippen LogP contribution in [0.2, 0.25) is 5.02 Å². The lowest BCUT2D eigenvalue weighted by Gasteiger charge is -2.30. The van der Waals surface area contributed by atoms with Gasteiger partial charge in [0.05, 0.1) is 0 Å². The van der Waals surface area contributed by atoms with E-state index >= 15 is 0 Å². The monoisotopic (exact) mass is 369 g/mol. The van der Waals surface area contributed by atoms with Gasteiger partial charge in [-0.25, -0.2) is 0 Å². The molecule has 2 atom stereocenters. The van der Waals surface area contributed by atoms with E-state index in [1.165, 1.54) is 19.3 Å². The highest BCUT2D eigenvalue weighted by atomic mass is 35.5. The van der Waals surface area contributed by atoms with Gasteiger partial charge in [0.2, 0.25) is 0 Å². The summed E-state index contributed by atoms with van der Waals surface area (Å²) < 4.78 is 5.48. The molecule has 0 aliphatic heterocycles. The first-order valence-corrected chi connectivity index (χ1v) is 8.98. The van der Waals surface area contributed by atoms with Gasteiger partial charge in [-0.15, -0.1) is 0 Å². The summed E-state index contributed by atoms with van der Waals surface area (Å²) in [7, 11) is 0. The Bertz CT molecular complexity index is 597. The number of hydrogen-bond donors (Lipinski definition) is 3. The number of rotatable bonds is 4. The minimum atomic E-state index is -0.301. The molecule has 1 aliphatic rings. The average Bonchev–Trinajstić information content (AvgIpc) is 2.54. The van der Waals surface area contributed by atoms with Gasteiger partial charge < -0.3 is 10.1 Å². The van der Waals surface area contributed by atoms with Crippen LogP contribution in [0.1, 0.15) is 38.2 Å². The summed E-state index contributed by atoms with van der Waals surface area (Å²) >= 11 is 11.1. The van der Waals surface area contributed by atoms with E-state index in [4.69, 9.17) is 28.6 Å². The van der Waals surface area contributed by atoms with Crippen LogP contribution in [-0.4, -0.2) is 23.7 Å².